The van der Waals surface area contributed by atoms with Gasteiger partial charge in [0.1, 0.15) is 16.3 Å². The lowest BCUT2D eigenvalue weighted by Gasteiger charge is -2.12. The Morgan fingerprint density at radius 1 is 1.35 bits per heavy atom. The van der Waals surface area contributed by atoms with Crippen LogP contribution in [0.3, 0.4) is 0 Å². The van der Waals surface area contributed by atoms with Gasteiger partial charge in [-0.05, 0) is 44.4 Å². The van der Waals surface area contributed by atoms with Crippen LogP contribution in [0.4, 0.5) is 5.00 Å². The highest BCUT2D eigenvalue weighted by atomic mass is 32.1. The molecule has 0 fully saturated rings. The minimum Gasteiger partial charge on any atom is -0.378 e. The highest BCUT2D eigenvalue weighted by molar-refractivity contribution is 7.10. The molecule has 20 heavy (non-hydrogen) atoms. The van der Waals surface area contributed by atoms with Crippen molar-refractivity contribution < 1.29 is 0 Å². The number of rotatable bonds is 3. The monoisotopic (exact) mass is 287 g/mol. The van der Waals surface area contributed by atoms with Crippen LogP contribution in [-0.4, -0.2) is 26.0 Å². The molecule has 0 amide bonds. The number of imidazole rings is 1. The van der Waals surface area contributed by atoms with Gasteiger partial charge in [-0.3, -0.25) is 0 Å². The standard InChI is InChI=1S/C14H17N5S/c1-8(2)19-12-10(6-5-7-16-12)17-13(19)11-9(3)18-20-14(11)15-4/h5-8,15H,1-4H3. The van der Waals surface area contributed by atoms with E-state index in [1.807, 2.05) is 32.3 Å². The first-order valence-corrected chi connectivity index (χ1v) is 7.38. The van der Waals surface area contributed by atoms with Crippen LogP contribution < -0.4 is 5.32 Å². The fourth-order valence-electron chi connectivity index (χ4n) is 2.40. The van der Waals surface area contributed by atoms with Crippen molar-refractivity contribution in [3.05, 3.63) is 24.0 Å². The first-order valence-electron chi connectivity index (χ1n) is 6.60. The molecule has 0 aromatic carbocycles. The van der Waals surface area contributed by atoms with E-state index < -0.39 is 0 Å². The van der Waals surface area contributed by atoms with Crippen LogP contribution in [0.15, 0.2) is 18.3 Å². The van der Waals surface area contributed by atoms with E-state index in [0.717, 1.165) is 33.2 Å². The molecule has 1 N–H and O–H groups in total. The third-order valence-corrected chi connectivity index (χ3v) is 4.23. The number of hydrogen-bond donors (Lipinski definition) is 1. The summed E-state index contributed by atoms with van der Waals surface area (Å²) < 4.78 is 6.61. The molecule has 0 unspecified atom stereocenters. The minimum absolute atomic E-state index is 0.286. The topological polar surface area (TPSA) is 55.6 Å². The van der Waals surface area contributed by atoms with E-state index in [2.05, 4.69) is 33.1 Å². The van der Waals surface area contributed by atoms with Crippen molar-refractivity contribution in [3.63, 3.8) is 0 Å². The van der Waals surface area contributed by atoms with E-state index in [4.69, 9.17) is 4.98 Å². The molecule has 0 atom stereocenters. The molecule has 3 heterocycles. The normalized spacial score (nSPS) is 11.4. The lowest BCUT2D eigenvalue weighted by Crippen LogP contribution is -2.05. The number of nitrogens with zero attached hydrogens (tertiary/aromatic N) is 4. The number of aryl methyl sites for hydroxylation is 1. The van der Waals surface area contributed by atoms with E-state index >= 15 is 0 Å². The maximum atomic E-state index is 4.77. The molecule has 0 spiro atoms. The summed E-state index contributed by atoms with van der Waals surface area (Å²) in [7, 11) is 1.91. The maximum absolute atomic E-state index is 4.77. The van der Waals surface area contributed by atoms with Crippen LogP contribution in [0, 0.1) is 6.92 Å². The minimum atomic E-state index is 0.286. The fraction of sp³-hybridized carbons (Fsp3) is 0.357. The third kappa shape index (κ3) is 1.87. The molecule has 0 aliphatic rings. The third-order valence-electron chi connectivity index (χ3n) is 3.28. The molecule has 3 rings (SSSR count). The second-order valence-corrected chi connectivity index (χ2v) is 5.74. The number of pyridine rings is 1. The van der Waals surface area contributed by atoms with E-state index in [0.29, 0.717) is 0 Å². The molecule has 0 bridgehead atoms. The lowest BCUT2D eigenvalue weighted by molar-refractivity contribution is 0.619. The Labute approximate surface area is 121 Å². The smallest absolute Gasteiger partial charge is 0.160 e. The SMILES string of the molecule is CNc1snc(C)c1-c1nc2cccnc2n1C(C)C. The van der Waals surface area contributed by atoms with Gasteiger partial charge in [-0.25, -0.2) is 9.97 Å². The molecular weight excluding hydrogens is 270 g/mol. The van der Waals surface area contributed by atoms with Crippen molar-refractivity contribution >= 4 is 27.7 Å². The quantitative estimate of drug-likeness (QED) is 0.801. The van der Waals surface area contributed by atoms with Crippen LogP contribution in [0.1, 0.15) is 25.6 Å². The van der Waals surface area contributed by atoms with E-state index in [1.54, 1.807) is 0 Å². The first kappa shape index (κ1) is 13.1. The molecule has 104 valence electrons. The van der Waals surface area contributed by atoms with Crippen LogP contribution in [0.5, 0.6) is 0 Å². The van der Waals surface area contributed by atoms with Crippen LogP contribution in [-0.2, 0) is 0 Å². The average molecular weight is 287 g/mol. The highest BCUT2D eigenvalue weighted by Crippen LogP contribution is 2.36. The van der Waals surface area contributed by atoms with Gasteiger partial charge >= 0.3 is 0 Å². The van der Waals surface area contributed by atoms with Gasteiger partial charge < -0.3 is 9.88 Å². The Balaban J connectivity index is 2.35. The molecular formula is C14H17N5S. The molecule has 6 heteroatoms. The molecule has 3 aromatic heterocycles. The fourth-order valence-corrected chi connectivity index (χ4v) is 3.14. The van der Waals surface area contributed by atoms with Crippen molar-refractivity contribution in [2.45, 2.75) is 26.8 Å². The Bertz CT molecular complexity index is 756. The van der Waals surface area contributed by atoms with Crippen LogP contribution >= 0.6 is 11.5 Å². The maximum Gasteiger partial charge on any atom is 0.160 e. The van der Waals surface area contributed by atoms with E-state index in [-0.39, 0.29) is 6.04 Å². The lowest BCUT2D eigenvalue weighted by atomic mass is 10.2. The van der Waals surface area contributed by atoms with Gasteiger partial charge in [-0.2, -0.15) is 4.37 Å². The largest absolute Gasteiger partial charge is 0.378 e. The zero-order chi connectivity index (χ0) is 14.3. The second kappa shape index (κ2) is 4.86. The number of hydrogen-bond acceptors (Lipinski definition) is 5. The Kier molecular flexibility index (Phi) is 3.17. The summed E-state index contributed by atoms with van der Waals surface area (Å²) in [5, 5.41) is 4.25. The van der Waals surface area contributed by atoms with Crippen molar-refractivity contribution in [2.75, 3.05) is 12.4 Å². The molecule has 5 nitrogen and oxygen atoms in total. The van der Waals surface area contributed by atoms with Gasteiger partial charge in [-0.15, -0.1) is 0 Å². The van der Waals surface area contributed by atoms with Gasteiger partial charge in [0.2, 0.25) is 0 Å². The first-order chi connectivity index (χ1) is 9.63. The van der Waals surface area contributed by atoms with Gasteiger partial charge in [0.05, 0.1) is 11.3 Å². The van der Waals surface area contributed by atoms with Gasteiger partial charge in [0, 0.05) is 19.3 Å². The molecule has 0 saturated carbocycles. The number of fused-ring (bicyclic) bond motifs is 1. The molecule has 0 saturated heterocycles. The summed E-state index contributed by atoms with van der Waals surface area (Å²) in [6.07, 6.45) is 1.81. The molecule has 0 aliphatic heterocycles. The summed E-state index contributed by atoms with van der Waals surface area (Å²) in [5.41, 5.74) is 3.91. The zero-order valence-corrected chi connectivity index (χ0v) is 12.8. The van der Waals surface area contributed by atoms with Gasteiger partial charge in [0.15, 0.2) is 5.65 Å². The molecule has 0 aliphatic carbocycles. The van der Waals surface area contributed by atoms with Crippen LogP contribution in [0.25, 0.3) is 22.6 Å². The Morgan fingerprint density at radius 2 is 2.15 bits per heavy atom. The van der Waals surface area contributed by atoms with Gasteiger partial charge in [0.25, 0.3) is 0 Å². The summed E-state index contributed by atoms with van der Waals surface area (Å²) in [6.45, 7) is 6.31. The highest BCUT2D eigenvalue weighted by Gasteiger charge is 2.21. The molecule has 3 aromatic rings. The number of nitrogens with one attached hydrogen (secondary N) is 1. The van der Waals surface area contributed by atoms with Crippen molar-refractivity contribution in [3.8, 4) is 11.4 Å². The number of aromatic nitrogens is 4. The second-order valence-electron chi connectivity index (χ2n) is 4.97. The number of anilines is 1. The van der Waals surface area contributed by atoms with Crippen molar-refractivity contribution in [1.82, 2.24) is 18.9 Å². The Hall–Kier alpha value is -1.95. The summed E-state index contributed by atoms with van der Waals surface area (Å²) in [6, 6.07) is 4.20. The van der Waals surface area contributed by atoms with E-state index in [1.165, 1.54) is 11.5 Å². The summed E-state index contributed by atoms with van der Waals surface area (Å²) in [5.74, 6) is 0.935. The Morgan fingerprint density at radius 3 is 2.85 bits per heavy atom. The van der Waals surface area contributed by atoms with Crippen molar-refractivity contribution in [2.24, 2.45) is 0 Å². The molecule has 0 radical (unpaired) electrons. The van der Waals surface area contributed by atoms with Gasteiger partial charge in [-0.1, -0.05) is 0 Å². The van der Waals surface area contributed by atoms with E-state index in [9.17, 15) is 0 Å². The van der Waals surface area contributed by atoms with Crippen LogP contribution in [0.2, 0.25) is 0 Å². The van der Waals surface area contributed by atoms with Crippen molar-refractivity contribution in [1.29, 1.82) is 0 Å². The summed E-state index contributed by atoms with van der Waals surface area (Å²) in [4.78, 5) is 9.25. The summed E-state index contributed by atoms with van der Waals surface area (Å²) >= 11 is 1.47. The predicted molar refractivity (Wildman–Crippen MR) is 83.3 cm³/mol. The average Bonchev–Trinajstić information content (AvgIpc) is 2.98. The predicted octanol–water partition coefficient (Wildman–Crippen LogP) is 3.49. The zero-order valence-electron chi connectivity index (χ0n) is 12.0.